The SMILES string of the molecule is COC1COc2c(S(=N)(=O)NC(c3ccccc3)(c3ccccc3)c3ccccc3)c(C(=O)Nc3c4c(cc5c3C[C@H](F)C5)CCC4)nn2C1. The Morgan fingerprint density at radius 1 is 0.940 bits per heavy atom. The van der Waals surface area contributed by atoms with E-state index in [0.717, 1.165) is 58.2 Å². The summed E-state index contributed by atoms with van der Waals surface area (Å²) in [4.78, 5) is 14.4. The van der Waals surface area contributed by atoms with Crippen LogP contribution in [0, 0.1) is 4.78 Å². The van der Waals surface area contributed by atoms with Crippen molar-refractivity contribution >= 4 is 21.5 Å². The van der Waals surface area contributed by atoms with E-state index in [9.17, 15) is 14.0 Å². The van der Waals surface area contributed by atoms with Gasteiger partial charge < -0.3 is 14.8 Å². The van der Waals surface area contributed by atoms with Crippen LogP contribution in [0.3, 0.4) is 0 Å². The average molecular weight is 692 g/mol. The number of carbonyl (C=O) groups is 1. The number of methoxy groups -OCH3 is 1. The van der Waals surface area contributed by atoms with Crippen LogP contribution >= 0.6 is 0 Å². The fourth-order valence-electron chi connectivity index (χ4n) is 7.79. The molecule has 0 fully saturated rings. The summed E-state index contributed by atoms with van der Waals surface area (Å²) in [5.74, 6) is -0.554. The monoisotopic (exact) mass is 691 g/mol. The van der Waals surface area contributed by atoms with E-state index in [2.05, 4.69) is 21.2 Å². The maximum absolute atomic E-state index is 15.4. The van der Waals surface area contributed by atoms with Crippen molar-refractivity contribution in [2.24, 2.45) is 0 Å². The summed E-state index contributed by atoms with van der Waals surface area (Å²) in [6, 6.07) is 30.8. The molecule has 2 heterocycles. The third-order valence-electron chi connectivity index (χ3n) is 10.1. The second-order valence-corrected chi connectivity index (χ2v) is 14.9. The molecule has 2 unspecified atom stereocenters. The van der Waals surface area contributed by atoms with Gasteiger partial charge in [-0.2, -0.15) is 5.10 Å². The Kier molecular flexibility index (Phi) is 8.29. The van der Waals surface area contributed by atoms with E-state index in [1.165, 1.54) is 4.68 Å². The zero-order valence-electron chi connectivity index (χ0n) is 27.7. The Morgan fingerprint density at radius 3 is 2.16 bits per heavy atom. The highest BCUT2D eigenvalue weighted by Crippen LogP contribution is 2.42. The van der Waals surface area contributed by atoms with Crippen LogP contribution in [-0.2, 0) is 52.4 Å². The molecule has 4 aromatic carbocycles. The normalized spacial score (nSPS) is 19.2. The Morgan fingerprint density at radius 2 is 1.56 bits per heavy atom. The molecule has 3 N–H and O–H groups in total. The van der Waals surface area contributed by atoms with Crippen molar-refractivity contribution in [3.05, 3.63) is 142 Å². The van der Waals surface area contributed by atoms with Gasteiger partial charge in [-0.1, -0.05) is 97.1 Å². The first-order chi connectivity index (χ1) is 24.3. The van der Waals surface area contributed by atoms with Crippen LogP contribution in [0.2, 0.25) is 0 Å². The summed E-state index contributed by atoms with van der Waals surface area (Å²) < 4.78 is 56.3. The van der Waals surface area contributed by atoms with Crippen LogP contribution in [0.5, 0.6) is 5.88 Å². The fourth-order valence-corrected chi connectivity index (χ4v) is 9.50. The molecule has 50 heavy (non-hydrogen) atoms. The van der Waals surface area contributed by atoms with E-state index in [4.69, 9.17) is 9.47 Å². The van der Waals surface area contributed by atoms with Crippen molar-refractivity contribution in [3.63, 3.8) is 0 Å². The lowest BCUT2D eigenvalue weighted by atomic mass is 9.78. The lowest BCUT2D eigenvalue weighted by Crippen LogP contribution is -2.47. The number of rotatable bonds is 9. The van der Waals surface area contributed by atoms with Crippen molar-refractivity contribution in [2.45, 2.75) is 61.4 Å². The number of ether oxygens (including phenoxy) is 2. The second kappa shape index (κ2) is 12.8. The van der Waals surface area contributed by atoms with Gasteiger partial charge in [0.2, 0.25) is 5.88 Å². The molecule has 3 aliphatic rings. The van der Waals surface area contributed by atoms with E-state index in [1.54, 1.807) is 7.11 Å². The Balaban J connectivity index is 1.29. The Hall–Kier alpha value is -4.84. The molecule has 0 bridgehead atoms. The molecule has 9 nitrogen and oxygen atoms in total. The van der Waals surface area contributed by atoms with Gasteiger partial charge in [0.15, 0.2) is 10.6 Å². The van der Waals surface area contributed by atoms with Crippen LogP contribution in [-0.4, -0.2) is 45.9 Å². The number of aryl methyl sites for hydroxylation is 1. The molecule has 8 rings (SSSR count). The van der Waals surface area contributed by atoms with Gasteiger partial charge in [-0.15, -0.1) is 0 Å². The van der Waals surface area contributed by atoms with E-state index >= 15 is 4.21 Å². The average Bonchev–Trinajstić information content (AvgIpc) is 3.88. The number of aromatic nitrogens is 2. The van der Waals surface area contributed by atoms with E-state index in [1.807, 2.05) is 91.0 Å². The third kappa shape index (κ3) is 5.49. The summed E-state index contributed by atoms with van der Waals surface area (Å²) >= 11 is 0. The summed E-state index contributed by atoms with van der Waals surface area (Å²) in [6.07, 6.45) is 1.73. The van der Waals surface area contributed by atoms with Gasteiger partial charge in [-0.05, 0) is 58.2 Å². The number of carbonyl (C=O) groups excluding carboxylic acids is 1. The summed E-state index contributed by atoms with van der Waals surface area (Å²) in [6.45, 7) is 0.368. The van der Waals surface area contributed by atoms with E-state index in [0.29, 0.717) is 12.1 Å². The predicted octanol–water partition coefficient (Wildman–Crippen LogP) is 6.37. The second-order valence-electron chi connectivity index (χ2n) is 13.2. The minimum absolute atomic E-state index is 0.0753. The maximum atomic E-state index is 15.4. The van der Waals surface area contributed by atoms with Gasteiger partial charge in [0.25, 0.3) is 5.91 Å². The number of halogens is 1. The first kappa shape index (κ1) is 32.4. The van der Waals surface area contributed by atoms with Gasteiger partial charge in [0.05, 0.1) is 6.54 Å². The highest BCUT2D eigenvalue weighted by molar-refractivity contribution is 7.90. The van der Waals surface area contributed by atoms with Crippen molar-refractivity contribution in [1.29, 1.82) is 4.78 Å². The number of nitrogens with one attached hydrogen (secondary N) is 3. The van der Waals surface area contributed by atoms with Crippen LogP contribution in [0.1, 0.15) is 55.9 Å². The van der Waals surface area contributed by atoms with Gasteiger partial charge >= 0.3 is 0 Å². The minimum atomic E-state index is -4.10. The largest absolute Gasteiger partial charge is 0.474 e. The molecule has 1 aliphatic heterocycles. The van der Waals surface area contributed by atoms with Crippen molar-refractivity contribution < 1.29 is 22.9 Å². The number of anilines is 1. The molecule has 1 amide bonds. The molecular weight excluding hydrogens is 654 g/mol. The number of alkyl halides is 1. The molecule has 5 aromatic rings. The Labute approximate surface area is 290 Å². The molecule has 11 heteroatoms. The number of amides is 1. The van der Waals surface area contributed by atoms with Crippen molar-refractivity contribution in [1.82, 2.24) is 14.5 Å². The molecule has 256 valence electrons. The first-order valence-corrected chi connectivity index (χ1v) is 18.5. The van der Waals surface area contributed by atoms with Gasteiger partial charge in [0.1, 0.15) is 34.3 Å². The molecule has 3 atom stereocenters. The number of benzene rings is 4. The van der Waals surface area contributed by atoms with E-state index in [-0.39, 0.29) is 42.1 Å². The van der Waals surface area contributed by atoms with Gasteiger partial charge in [-0.25, -0.2) is 22.8 Å². The van der Waals surface area contributed by atoms with Gasteiger partial charge in [0, 0.05) is 25.6 Å². The number of hydrogen-bond donors (Lipinski definition) is 3. The number of hydrogen-bond acceptors (Lipinski definition) is 6. The van der Waals surface area contributed by atoms with Gasteiger partial charge in [-0.3, -0.25) is 4.79 Å². The van der Waals surface area contributed by atoms with E-state index < -0.39 is 27.5 Å². The summed E-state index contributed by atoms with van der Waals surface area (Å²) in [7, 11) is -2.54. The highest BCUT2D eigenvalue weighted by Gasteiger charge is 2.43. The molecule has 1 aromatic heterocycles. The molecular formula is C39H38FN5O4S. The fraction of sp³-hybridized carbons (Fsp3) is 0.282. The molecule has 2 aliphatic carbocycles. The molecule has 0 saturated carbocycles. The lowest BCUT2D eigenvalue weighted by Gasteiger charge is -2.37. The van der Waals surface area contributed by atoms with Crippen LogP contribution in [0.15, 0.2) is 102 Å². The number of nitrogens with zero attached hydrogens (tertiary/aromatic N) is 2. The van der Waals surface area contributed by atoms with Crippen molar-refractivity contribution in [3.8, 4) is 5.88 Å². The predicted molar refractivity (Wildman–Crippen MR) is 189 cm³/mol. The Bertz CT molecular complexity index is 2080. The van der Waals surface area contributed by atoms with Crippen molar-refractivity contribution in [2.75, 3.05) is 19.0 Å². The van der Waals surface area contributed by atoms with Crippen LogP contribution < -0.4 is 14.8 Å². The highest BCUT2D eigenvalue weighted by atomic mass is 32.2. The quantitative estimate of drug-likeness (QED) is 0.155. The maximum Gasteiger partial charge on any atom is 0.277 e. The smallest absolute Gasteiger partial charge is 0.277 e. The van der Waals surface area contributed by atoms with Crippen LogP contribution in [0.4, 0.5) is 10.1 Å². The zero-order valence-corrected chi connectivity index (χ0v) is 28.5. The first-order valence-electron chi connectivity index (χ1n) is 16.9. The van der Waals surface area contributed by atoms with Crippen LogP contribution in [0.25, 0.3) is 0 Å². The molecule has 0 saturated heterocycles. The number of fused-ring (bicyclic) bond motifs is 3. The summed E-state index contributed by atoms with van der Waals surface area (Å²) in [5, 5.41) is 7.73. The zero-order chi connectivity index (χ0) is 34.5. The summed E-state index contributed by atoms with van der Waals surface area (Å²) in [5.41, 5.74) is 5.23. The standard InChI is InChI=1S/C39H38FN5O4S/c1-48-31-23-45-38(49-24-31)36(35(43-45)37(46)42-34-32-19-11-12-25(32)20-26-21-30(40)22-33(26)34)50(41,47)44-39(27-13-5-2-6-14-27,28-15-7-3-8-16-28)29-17-9-4-10-18-29/h2-10,13-18,20,30-31H,11-12,19,21-24H2,1H3,(H,42,46)(H2,41,44,47)/t30-,31?,50?/m1/s1. The molecule has 0 radical (unpaired) electrons. The lowest BCUT2D eigenvalue weighted by molar-refractivity contribution is 0.0165. The third-order valence-corrected chi connectivity index (χ3v) is 11.6. The minimum Gasteiger partial charge on any atom is -0.474 e. The topological polar surface area (TPSA) is 118 Å². The molecule has 0 spiro atoms.